The van der Waals surface area contributed by atoms with Crippen molar-refractivity contribution in [2.75, 3.05) is 0 Å². The van der Waals surface area contributed by atoms with Gasteiger partial charge >= 0.3 is 12.0 Å². The highest BCUT2D eigenvalue weighted by atomic mass is 16.5. The van der Waals surface area contributed by atoms with Crippen molar-refractivity contribution in [1.82, 2.24) is 15.0 Å². The van der Waals surface area contributed by atoms with Gasteiger partial charge in [-0.1, -0.05) is 24.3 Å². The summed E-state index contributed by atoms with van der Waals surface area (Å²) in [5.41, 5.74) is 2.46. The number of aromatic nitrogens is 3. The van der Waals surface area contributed by atoms with E-state index in [-0.39, 0.29) is 11.6 Å². The first-order chi connectivity index (χ1) is 12.1. The molecule has 0 spiro atoms. The molecule has 0 amide bonds. The second-order valence-electron chi connectivity index (χ2n) is 5.46. The normalized spacial score (nSPS) is 10.9. The summed E-state index contributed by atoms with van der Waals surface area (Å²) in [7, 11) is 0. The van der Waals surface area contributed by atoms with Crippen LogP contribution in [0, 0.1) is 6.92 Å². The fourth-order valence-corrected chi connectivity index (χ4v) is 2.45. The summed E-state index contributed by atoms with van der Waals surface area (Å²) in [4.78, 5) is 22.6. The number of H-pyrrole nitrogens is 1. The molecule has 0 fully saturated rings. The van der Waals surface area contributed by atoms with Crippen molar-refractivity contribution in [2.45, 2.75) is 6.92 Å². The van der Waals surface area contributed by atoms with Gasteiger partial charge in [0.25, 0.3) is 5.71 Å². The third-order valence-electron chi connectivity index (χ3n) is 3.71. The van der Waals surface area contributed by atoms with Gasteiger partial charge in [0.05, 0.1) is 5.56 Å². The summed E-state index contributed by atoms with van der Waals surface area (Å²) in [6.45, 7) is 1.72. The number of nitrogens with zero attached hydrogens (tertiary/aromatic N) is 2. The number of carboxylic acid groups (broad SMARTS) is 1. The predicted octanol–water partition coefficient (Wildman–Crippen LogP) is 4.02. The number of rotatable bonds is 4. The molecule has 124 valence electrons. The van der Waals surface area contributed by atoms with E-state index in [9.17, 15) is 9.90 Å². The minimum absolute atomic E-state index is 0.178. The molecule has 0 bridgehead atoms. The number of hydrogen-bond donors (Lipinski definition) is 2. The molecular weight excluding hydrogens is 322 g/mol. The number of fused-ring (bicyclic) bond motifs is 1. The van der Waals surface area contributed by atoms with Crippen LogP contribution < -0.4 is 4.74 Å². The summed E-state index contributed by atoms with van der Waals surface area (Å²) in [6, 6.07) is 14.5. The van der Waals surface area contributed by atoms with Crippen molar-refractivity contribution in [3.8, 4) is 23.2 Å². The molecule has 2 aromatic heterocycles. The number of benzene rings is 2. The van der Waals surface area contributed by atoms with Gasteiger partial charge in [0.15, 0.2) is 0 Å². The van der Waals surface area contributed by atoms with Crippen LogP contribution >= 0.6 is 0 Å². The van der Waals surface area contributed by atoms with E-state index in [2.05, 4.69) is 15.0 Å². The van der Waals surface area contributed by atoms with Crippen molar-refractivity contribution in [3.05, 3.63) is 59.7 Å². The fraction of sp³-hybridized carbons (Fsp3) is 0.0556. The maximum Gasteiger partial charge on any atom is 0.336 e. The van der Waals surface area contributed by atoms with Crippen LogP contribution in [0.15, 0.2) is 52.9 Å². The Hall–Kier alpha value is -3.61. The number of aromatic amines is 1. The molecule has 0 atom stereocenters. The summed E-state index contributed by atoms with van der Waals surface area (Å²) in [5, 5.41) is 9.17. The number of oxazole rings is 1. The lowest BCUT2D eigenvalue weighted by Gasteiger charge is -2.05. The van der Waals surface area contributed by atoms with Crippen LogP contribution in [0.2, 0.25) is 0 Å². The highest BCUT2D eigenvalue weighted by Crippen LogP contribution is 2.27. The SMILES string of the molecule is Cc1ccc(Oc2nc3oc(-c4ccccc4)nc3[nH]2)cc1C(=O)O. The Morgan fingerprint density at radius 2 is 1.96 bits per heavy atom. The smallest absolute Gasteiger partial charge is 0.336 e. The van der Waals surface area contributed by atoms with Crippen LogP contribution in [0.4, 0.5) is 0 Å². The van der Waals surface area contributed by atoms with Crippen molar-refractivity contribution < 1.29 is 19.1 Å². The van der Waals surface area contributed by atoms with Gasteiger partial charge in [-0.15, -0.1) is 0 Å². The molecule has 0 unspecified atom stereocenters. The van der Waals surface area contributed by atoms with Gasteiger partial charge in [-0.3, -0.25) is 4.98 Å². The van der Waals surface area contributed by atoms with Crippen LogP contribution in [0.3, 0.4) is 0 Å². The summed E-state index contributed by atoms with van der Waals surface area (Å²) >= 11 is 0. The molecule has 2 aromatic carbocycles. The second kappa shape index (κ2) is 5.79. The Balaban J connectivity index is 1.62. The molecule has 0 saturated heterocycles. The third-order valence-corrected chi connectivity index (χ3v) is 3.71. The largest absolute Gasteiger partial charge is 0.478 e. The monoisotopic (exact) mass is 335 g/mol. The molecule has 4 aromatic rings. The number of nitrogens with one attached hydrogen (secondary N) is 1. The van der Waals surface area contributed by atoms with Gasteiger partial charge in [-0.2, -0.15) is 9.97 Å². The Morgan fingerprint density at radius 3 is 2.68 bits per heavy atom. The predicted molar refractivity (Wildman–Crippen MR) is 89.8 cm³/mol. The zero-order valence-electron chi connectivity index (χ0n) is 13.2. The summed E-state index contributed by atoms with van der Waals surface area (Å²) in [5.74, 6) is -0.183. The minimum atomic E-state index is -1.01. The molecule has 2 N–H and O–H groups in total. The molecular formula is C18H13N3O4. The van der Waals surface area contributed by atoms with E-state index in [0.29, 0.717) is 28.6 Å². The first-order valence-corrected chi connectivity index (χ1v) is 7.54. The third kappa shape index (κ3) is 2.83. The van der Waals surface area contributed by atoms with E-state index in [1.807, 2.05) is 30.3 Å². The van der Waals surface area contributed by atoms with E-state index in [1.54, 1.807) is 19.1 Å². The van der Waals surface area contributed by atoms with Gasteiger partial charge in [0, 0.05) is 5.56 Å². The van der Waals surface area contributed by atoms with E-state index >= 15 is 0 Å². The maximum atomic E-state index is 11.2. The number of carboxylic acids is 1. The number of ether oxygens (including phenoxy) is 1. The van der Waals surface area contributed by atoms with E-state index in [1.165, 1.54) is 6.07 Å². The minimum Gasteiger partial charge on any atom is -0.478 e. The summed E-state index contributed by atoms with van der Waals surface area (Å²) in [6.07, 6.45) is 0. The highest BCUT2D eigenvalue weighted by molar-refractivity contribution is 5.89. The lowest BCUT2D eigenvalue weighted by Crippen LogP contribution is -2.00. The Morgan fingerprint density at radius 1 is 1.16 bits per heavy atom. The van der Waals surface area contributed by atoms with Crippen molar-refractivity contribution >= 4 is 17.3 Å². The van der Waals surface area contributed by atoms with Crippen LogP contribution in [0.1, 0.15) is 15.9 Å². The van der Waals surface area contributed by atoms with E-state index in [4.69, 9.17) is 9.15 Å². The number of aromatic carboxylic acids is 1. The number of hydrogen-bond acceptors (Lipinski definition) is 5. The Labute approximate surface area is 141 Å². The number of carbonyl (C=O) groups is 1. The molecule has 2 heterocycles. The van der Waals surface area contributed by atoms with Crippen LogP contribution in [-0.4, -0.2) is 26.0 Å². The van der Waals surface area contributed by atoms with Crippen LogP contribution in [-0.2, 0) is 0 Å². The first kappa shape index (κ1) is 14.9. The van der Waals surface area contributed by atoms with Gasteiger partial charge in [-0.25, -0.2) is 4.79 Å². The molecule has 0 saturated carbocycles. The standard InChI is InChI=1S/C18H13N3O4/c1-10-7-8-12(9-13(10)17(22)23)24-18-20-14-16(21-18)25-15(19-14)11-5-3-2-4-6-11/h2-9H,1H3,(H,20,21)(H,22,23). The van der Waals surface area contributed by atoms with Crippen LogP contribution in [0.25, 0.3) is 22.8 Å². The van der Waals surface area contributed by atoms with Gasteiger partial charge in [-0.05, 0) is 36.8 Å². The number of aryl methyl sites for hydroxylation is 1. The lowest BCUT2D eigenvalue weighted by atomic mass is 10.1. The average molecular weight is 335 g/mol. The molecule has 0 aliphatic heterocycles. The molecule has 7 nitrogen and oxygen atoms in total. The zero-order valence-corrected chi connectivity index (χ0v) is 13.2. The zero-order chi connectivity index (χ0) is 17.4. The topological polar surface area (TPSA) is 101 Å². The van der Waals surface area contributed by atoms with Gasteiger partial charge in [0.2, 0.25) is 11.5 Å². The molecule has 25 heavy (non-hydrogen) atoms. The van der Waals surface area contributed by atoms with Crippen molar-refractivity contribution in [1.29, 1.82) is 0 Å². The van der Waals surface area contributed by atoms with E-state index < -0.39 is 5.97 Å². The molecule has 7 heteroatoms. The van der Waals surface area contributed by atoms with Gasteiger partial charge in [0.1, 0.15) is 5.75 Å². The lowest BCUT2D eigenvalue weighted by molar-refractivity contribution is 0.0695. The molecule has 0 aliphatic rings. The highest BCUT2D eigenvalue weighted by Gasteiger charge is 2.15. The maximum absolute atomic E-state index is 11.2. The first-order valence-electron chi connectivity index (χ1n) is 7.54. The van der Waals surface area contributed by atoms with E-state index in [0.717, 1.165) is 5.56 Å². The van der Waals surface area contributed by atoms with Crippen molar-refractivity contribution in [2.24, 2.45) is 0 Å². The second-order valence-corrected chi connectivity index (χ2v) is 5.46. The Bertz CT molecular complexity index is 1040. The van der Waals surface area contributed by atoms with Crippen molar-refractivity contribution in [3.63, 3.8) is 0 Å². The Kier molecular flexibility index (Phi) is 3.46. The molecule has 0 radical (unpaired) electrons. The quantitative estimate of drug-likeness (QED) is 0.584. The average Bonchev–Trinajstić information content (AvgIpc) is 3.15. The fourth-order valence-electron chi connectivity index (χ4n) is 2.45. The number of imidazole rings is 1. The molecule has 0 aliphatic carbocycles. The van der Waals surface area contributed by atoms with Crippen LogP contribution in [0.5, 0.6) is 11.8 Å². The molecule has 4 rings (SSSR count). The summed E-state index contributed by atoms with van der Waals surface area (Å²) < 4.78 is 11.2. The van der Waals surface area contributed by atoms with Gasteiger partial charge < -0.3 is 14.3 Å².